The highest BCUT2D eigenvalue weighted by Crippen LogP contribution is 2.34. The van der Waals surface area contributed by atoms with Crippen LogP contribution < -0.4 is 14.8 Å². The predicted octanol–water partition coefficient (Wildman–Crippen LogP) is 5.45. The first-order chi connectivity index (χ1) is 16.0. The lowest BCUT2D eigenvalue weighted by Crippen LogP contribution is -2.11. The van der Waals surface area contributed by atoms with Crippen molar-refractivity contribution in [1.29, 1.82) is 0 Å². The van der Waals surface area contributed by atoms with Crippen LogP contribution in [0.1, 0.15) is 34.8 Å². The van der Waals surface area contributed by atoms with E-state index in [4.69, 9.17) is 9.47 Å². The molecule has 8 nitrogen and oxygen atoms in total. The van der Waals surface area contributed by atoms with Crippen LogP contribution in [0.25, 0.3) is 11.3 Å². The molecule has 4 aromatic rings. The molecule has 0 atom stereocenters. The van der Waals surface area contributed by atoms with Gasteiger partial charge in [0.15, 0.2) is 5.13 Å². The normalized spacial score (nSPS) is 10.6. The van der Waals surface area contributed by atoms with Gasteiger partial charge in [0.1, 0.15) is 5.75 Å². The molecule has 0 aliphatic rings. The number of rotatable bonds is 8. The van der Waals surface area contributed by atoms with Crippen LogP contribution in [0.3, 0.4) is 0 Å². The summed E-state index contributed by atoms with van der Waals surface area (Å²) < 4.78 is 11.3. The molecule has 0 saturated heterocycles. The molecule has 4 rings (SSSR count). The van der Waals surface area contributed by atoms with Crippen LogP contribution in [0, 0.1) is 13.8 Å². The molecular formula is C24H23N5O3S. The maximum Gasteiger partial charge on any atom is 0.257 e. The maximum atomic E-state index is 12.4. The molecule has 9 heteroatoms. The maximum absolute atomic E-state index is 12.4. The zero-order valence-electron chi connectivity index (χ0n) is 18.5. The van der Waals surface area contributed by atoms with Gasteiger partial charge in [-0.2, -0.15) is 0 Å². The Morgan fingerprint density at radius 3 is 2.42 bits per heavy atom. The summed E-state index contributed by atoms with van der Waals surface area (Å²) in [4.78, 5) is 29.4. The van der Waals surface area contributed by atoms with E-state index in [9.17, 15) is 4.79 Å². The van der Waals surface area contributed by atoms with Crippen molar-refractivity contribution in [2.45, 2.75) is 27.2 Å². The Morgan fingerprint density at radius 2 is 1.76 bits per heavy atom. The fourth-order valence-electron chi connectivity index (χ4n) is 3.26. The van der Waals surface area contributed by atoms with Gasteiger partial charge in [-0.25, -0.2) is 15.0 Å². The topological polar surface area (TPSA) is 99.1 Å². The number of thiazole rings is 1. The van der Waals surface area contributed by atoms with Gasteiger partial charge in [-0.1, -0.05) is 6.92 Å². The van der Waals surface area contributed by atoms with Crippen molar-refractivity contribution in [3.63, 3.8) is 0 Å². The lowest BCUT2D eigenvalue weighted by Gasteiger charge is -2.12. The van der Waals surface area contributed by atoms with E-state index in [1.54, 1.807) is 36.9 Å². The summed E-state index contributed by atoms with van der Waals surface area (Å²) >= 11 is 1.38. The van der Waals surface area contributed by atoms with Crippen molar-refractivity contribution in [2.24, 2.45) is 0 Å². The van der Waals surface area contributed by atoms with Crippen LogP contribution in [-0.2, 0) is 0 Å². The van der Waals surface area contributed by atoms with Gasteiger partial charge < -0.3 is 9.47 Å². The van der Waals surface area contributed by atoms with E-state index in [2.05, 4.69) is 25.3 Å². The minimum Gasteiger partial charge on any atom is -0.477 e. The Labute approximate surface area is 195 Å². The van der Waals surface area contributed by atoms with Gasteiger partial charge in [-0.15, -0.1) is 11.3 Å². The molecule has 0 saturated carbocycles. The smallest absolute Gasteiger partial charge is 0.257 e. The number of carbonyl (C=O) groups is 1. The molecule has 1 N–H and O–H groups in total. The summed E-state index contributed by atoms with van der Waals surface area (Å²) in [7, 11) is 0. The first kappa shape index (κ1) is 22.3. The van der Waals surface area contributed by atoms with Gasteiger partial charge in [0.05, 0.1) is 24.7 Å². The molecule has 0 aliphatic carbocycles. The van der Waals surface area contributed by atoms with Crippen molar-refractivity contribution in [1.82, 2.24) is 19.9 Å². The van der Waals surface area contributed by atoms with E-state index in [0.717, 1.165) is 28.8 Å². The number of hydrogen-bond donors (Lipinski definition) is 1. The highest BCUT2D eigenvalue weighted by molar-refractivity contribution is 7.14. The van der Waals surface area contributed by atoms with Gasteiger partial charge in [-0.05, 0) is 55.7 Å². The minimum absolute atomic E-state index is 0.220. The molecule has 0 fully saturated rings. The number of hydrogen-bond acceptors (Lipinski definition) is 8. The second-order valence-electron chi connectivity index (χ2n) is 7.30. The van der Waals surface area contributed by atoms with E-state index >= 15 is 0 Å². The fourth-order valence-corrected chi connectivity index (χ4v) is 3.96. The van der Waals surface area contributed by atoms with Gasteiger partial charge in [0.25, 0.3) is 5.91 Å². The summed E-state index contributed by atoms with van der Waals surface area (Å²) in [6.07, 6.45) is 7.16. The van der Waals surface area contributed by atoms with Gasteiger partial charge >= 0.3 is 0 Å². The highest BCUT2D eigenvalue weighted by Gasteiger charge is 2.14. The number of nitrogens with one attached hydrogen (secondary N) is 1. The SMILES string of the molecule is CCCOc1cnc(Oc2cc(C)c(-c3csc(NC(=O)c4ccncc4)n3)c(C)c2)cn1. The molecule has 1 aromatic carbocycles. The van der Waals surface area contributed by atoms with E-state index in [1.165, 1.54) is 11.3 Å². The molecule has 0 bridgehead atoms. The summed E-state index contributed by atoms with van der Waals surface area (Å²) in [6.45, 7) is 6.62. The number of ether oxygens (including phenoxy) is 2. The average molecular weight is 462 g/mol. The molecule has 3 aromatic heterocycles. The lowest BCUT2D eigenvalue weighted by molar-refractivity contribution is 0.102. The second-order valence-corrected chi connectivity index (χ2v) is 8.16. The van der Waals surface area contributed by atoms with Crippen molar-refractivity contribution < 1.29 is 14.3 Å². The van der Waals surface area contributed by atoms with E-state index in [-0.39, 0.29) is 5.91 Å². The molecular weight excluding hydrogens is 438 g/mol. The van der Waals surface area contributed by atoms with Crippen LogP contribution in [0.15, 0.2) is 54.4 Å². The van der Waals surface area contributed by atoms with Crippen LogP contribution in [0.5, 0.6) is 17.5 Å². The lowest BCUT2D eigenvalue weighted by atomic mass is 10.0. The van der Waals surface area contributed by atoms with Crippen molar-refractivity contribution in [2.75, 3.05) is 11.9 Å². The molecule has 3 heterocycles. The number of aromatic nitrogens is 4. The third kappa shape index (κ3) is 5.50. The number of carbonyl (C=O) groups excluding carboxylic acids is 1. The number of amides is 1. The van der Waals surface area contributed by atoms with Crippen LogP contribution in [0.4, 0.5) is 5.13 Å². The van der Waals surface area contributed by atoms with Gasteiger partial charge in [0, 0.05) is 28.9 Å². The van der Waals surface area contributed by atoms with Crippen LogP contribution in [0.2, 0.25) is 0 Å². The quantitative estimate of drug-likeness (QED) is 0.373. The Balaban J connectivity index is 1.48. The second kappa shape index (κ2) is 10.2. The summed E-state index contributed by atoms with van der Waals surface area (Å²) in [5.41, 5.74) is 4.32. The Morgan fingerprint density at radius 1 is 1.06 bits per heavy atom. The van der Waals surface area contributed by atoms with Crippen molar-refractivity contribution in [3.8, 4) is 28.8 Å². The molecule has 0 spiro atoms. The Kier molecular flexibility index (Phi) is 6.89. The van der Waals surface area contributed by atoms with Crippen LogP contribution >= 0.6 is 11.3 Å². The average Bonchev–Trinajstić information content (AvgIpc) is 3.26. The summed E-state index contributed by atoms with van der Waals surface area (Å²) in [5.74, 6) is 1.30. The summed E-state index contributed by atoms with van der Waals surface area (Å²) in [5, 5.41) is 5.30. The molecule has 0 radical (unpaired) electrons. The Bertz CT molecular complexity index is 1220. The fraction of sp³-hybridized carbons (Fsp3) is 0.208. The number of benzene rings is 1. The number of aryl methyl sites for hydroxylation is 2. The number of pyridine rings is 1. The third-order valence-electron chi connectivity index (χ3n) is 4.71. The standard InChI is InChI=1S/C24H23N5O3S/c1-4-9-31-20-12-27-21(13-26-20)32-18-10-15(2)22(16(3)11-18)19-14-33-24(28-19)29-23(30)17-5-7-25-8-6-17/h5-8,10-14H,4,9H2,1-3H3,(H,28,29,30). The summed E-state index contributed by atoms with van der Waals surface area (Å²) in [6, 6.07) is 7.18. The largest absolute Gasteiger partial charge is 0.477 e. The minimum atomic E-state index is -0.220. The monoisotopic (exact) mass is 461 g/mol. The van der Waals surface area contributed by atoms with Crippen molar-refractivity contribution in [3.05, 3.63) is 71.1 Å². The predicted molar refractivity (Wildman–Crippen MR) is 127 cm³/mol. The molecule has 168 valence electrons. The third-order valence-corrected chi connectivity index (χ3v) is 5.47. The number of anilines is 1. The first-order valence-corrected chi connectivity index (χ1v) is 11.3. The first-order valence-electron chi connectivity index (χ1n) is 10.4. The van der Waals surface area contributed by atoms with Crippen LogP contribution in [-0.4, -0.2) is 32.4 Å². The number of nitrogens with zero attached hydrogens (tertiary/aromatic N) is 4. The zero-order chi connectivity index (χ0) is 23.2. The zero-order valence-corrected chi connectivity index (χ0v) is 19.3. The molecule has 0 unspecified atom stereocenters. The van der Waals surface area contributed by atoms with E-state index in [0.29, 0.717) is 34.8 Å². The highest BCUT2D eigenvalue weighted by atomic mass is 32.1. The van der Waals surface area contributed by atoms with Gasteiger partial charge in [-0.3, -0.25) is 15.1 Å². The van der Waals surface area contributed by atoms with E-state index in [1.807, 2.05) is 38.3 Å². The Hall–Kier alpha value is -3.85. The van der Waals surface area contributed by atoms with E-state index < -0.39 is 0 Å². The molecule has 33 heavy (non-hydrogen) atoms. The molecule has 0 aliphatic heterocycles. The van der Waals surface area contributed by atoms with Crippen molar-refractivity contribution >= 4 is 22.4 Å². The van der Waals surface area contributed by atoms with Gasteiger partial charge in [0.2, 0.25) is 11.8 Å². The molecule has 1 amide bonds.